The molecule has 1 aromatic rings. The van der Waals surface area contributed by atoms with E-state index in [9.17, 15) is 23.1 Å². The van der Waals surface area contributed by atoms with Crippen molar-refractivity contribution in [2.24, 2.45) is 0 Å². The molecule has 2 unspecified atom stereocenters. The smallest absolute Gasteiger partial charge is 0.393 e. The second kappa shape index (κ2) is 7.34. The summed E-state index contributed by atoms with van der Waals surface area (Å²) in [6.07, 6.45) is -1.66. The second-order valence-corrected chi connectivity index (χ2v) is 6.16. The number of halogens is 3. The minimum Gasteiger partial charge on any atom is -0.393 e. The highest BCUT2D eigenvalue weighted by atomic mass is 19.4. The third kappa shape index (κ3) is 4.96. The molecule has 2 rings (SSSR count). The number of aliphatic hydroxyl groups is 1. The topological polar surface area (TPSA) is 40.5 Å². The van der Waals surface area contributed by atoms with Crippen molar-refractivity contribution < 1.29 is 23.1 Å². The van der Waals surface area contributed by atoms with Crippen molar-refractivity contribution in [2.75, 3.05) is 6.54 Å². The van der Waals surface area contributed by atoms with Gasteiger partial charge in [0.2, 0.25) is 5.91 Å². The fraction of sp³-hybridized carbons (Fsp3) is 0.588. The minimum atomic E-state index is -4.34. The summed E-state index contributed by atoms with van der Waals surface area (Å²) in [7, 11) is 0. The number of aryl methyl sites for hydroxylation is 1. The maximum absolute atomic E-state index is 12.5. The van der Waals surface area contributed by atoms with Gasteiger partial charge in [-0.1, -0.05) is 12.1 Å². The first-order valence-electron chi connectivity index (χ1n) is 7.91. The molecule has 6 heteroatoms. The molecule has 1 fully saturated rings. The van der Waals surface area contributed by atoms with Crippen LogP contribution < -0.4 is 0 Å². The van der Waals surface area contributed by atoms with Crippen molar-refractivity contribution in [3.8, 4) is 0 Å². The molecule has 0 bridgehead atoms. The summed E-state index contributed by atoms with van der Waals surface area (Å²) < 4.78 is 37.5. The SMILES string of the molecule is CC(O)CC1CCCN1C(=O)CCc1ccc(C(F)(F)F)cc1. The van der Waals surface area contributed by atoms with Crippen molar-refractivity contribution in [1.82, 2.24) is 4.90 Å². The third-order valence-electron chi connectivity index (χ3n) is 4.22. The molecule has 0 spiro atoms. The molecule has 23 heavy (non-hydrogen) atoms. The van der Waals surface area contributed by atoms with Crippen LogP contribution in [0.4, 0.5) is 13.2 Å². The number of likely N-dealkylation sites (tertiary alicyclic amines) is 1. The van der Waals surface area contributed by atoms with Gasteiger partial charge in [0.1, 0.15) is 0 Å². The Morgan fingerprint density at radius 1 is 1.35 bits per heavy atom. The fourth-order valence-electron chi connectivity index (χ4n) is 3.06. The highest BCUT2D eigenvalue weighted by Gasteiger charge is 2.30. The van der Waals surface area contributed by atoms with Crippen LogP contribution in [-0.4, -0.2) is 34.6 Å². The minimum absolute atomic E-state index is 0.00745. The summed E-state index contributed by atoms with van der Waals surface area (Å²) in [5.74, 6) is 0.00745. The van der Waals surface area contributed by atoms with E-state index >= 15 is 0 Å². The number of nitrogens with zero attached hydrogens (tertiary/aromatic N) is 1. The number of aliphatic hydroxyl groups excluding tert-OH is 1. The Morgan fingerprint density at radius 3 is 2.57 bits per heavy atom. The zero-order valence-corrected chi connectivity index (χ0v) is 13.1. The standard InChI is InChI=1S/C17H22F3NO2/c1-12(22)11-15-3-2-10-21(15)16(23)9-6-13-4-7-14(8-5-13)17(18,19)20/h4-5,7-8,12,15,22H,2-3,6,9-11H2,1H3. The molecule has 1 amide bonds. The maximum atomic E-state index is 12.5. The van der Waals surface area contributed by atoms with E-state index in [-0.39, 0.29) is 18.4 Å². The van der Waals surface area contributed by atoms with Gasteiger partial charge in [-0.2, -0.15) is 13.2 Å². The van der Waals surface area contributed by atoms with E-state index in [1.54, 1.807) is 11.8 Å². The lowest BCUT2D eigenvalue weighted by atomic mass is 10.1. The Balaban J connectivity index is 1.89. The molecule has 0 saturated carbocycles. The monoisotopic (exact) mass is 329 g/mol. The second-order valence-electron chi connectivity index (χ2n) is 6.16. The van der Waals surface area contributed by atoms with E-state index in [4.69, 9.17) is 0 Å². The van der Waals surface area contributed by atoms with Crippen LogP contribution in [0.1, 0.15) is 43.7 Å². The Hall–Kier alpha value is -1.56. The van der Waals surface area contributed by atoms with Gasteiger partial charge in [-0.3, -0.25) is 4.79 Å². The lowest BCUT2D eigenvalue weighted by molar-refractivity contribution is -0.137. The summed E-state index contributed by atoms with van der Waals surface area (Å²) in [4.78, 5) is 14.1. The lowest BCUT2D eigenvalue weighted by Gasteiger charge is -2.25. The van der Waals surface area contributed by atoms with Gasteiger partial charge >= 0.3 is 6.18 Å². The van der Waals surface area contributed by atoms with E-state index in [0.29, 0.717) is 19.4 Å². The molecule has 2 atom stereocenters. The summed E-state index contributed by atoms with van der Waals surface area (Å²) in [6, 6.07) is 5.02. The van der Waals surface area contributed by atoms with E-state index in [2.05, 4.69) is 0 Å². The van der Waals surface area contributed by atoms with Crippen LogP contribution in [0, 0.1) is 0 Å². The molecule has 0 aromatic heterocycles. The number of hydrogen-bond donors (Lipinski definition) is 1. The summed E-state index contributed by atoms with van der Waals surface area (Å²) in [5, 5.41) is 9.48. The molecule has 1 aliphatic rings. The number of hydrogen-bond acceptors (Lipinski definition) is 2. The van der Waals surface area contributed by atoms with E-state index < -0.39 is 17.8 Å². The first-order chi connectivity index (χ1) is 10.8. The molecular weight excluding hydrogens is 307 g/mol. The molecule has 3 nitrogen and oxygen atoms in total. The Labute approximate surface area is 134 Å². The Bertz CT molecular complexity index is 526. The zero-order valence-electron chi connectivity index (χ0n) is 13.1. The fourth-order valence-corrected chi connectivity index (χ4v) is 3.06. The number of benzene rings is 1. The van der Waals surface area contributed by atoms with Crippen molar-refractivity contribution in [3.63, 3.8) is 0 Å². The zero-order chi connectivity index (χ0) is 17.0. The van der Waals surface area contributed by atoms with Gasteiger partial charge < -0.3 is 10.0 Å². The van der Waals surface area contributed by atoms with Gasteiger partial charge in [0, 0.05) is 19.0 Å². The number of rotatable bonds is 5. The van der Waals surface area contributed by atoms with Crippen LogP contribution in [0.25, 0.3) is 0 Å². The van der Waals surface area contributed by atoms with Gasteiger partial charge in [0.25, 0.3) is 0 Å². The highest BCUT2D eigenvalue weighted by Crippen LogP contribution is 2.29. The number of alkyl halides is 3. The average Bonchev–Trinajstić information content (AvgIpc) is 2.91. The van der Waals surface area contributed by atoms with Gasteiger partial charge in [-0.05, 0) is 50.3 Å². The normalized spacial score (nSPS) is 19.9. The van der Waals surface area contributed by atoms with Gasteiger partial charge in [-0.25, -0.2) is 0 Å². The molecule has 1 heterocycles. The van der Waals surface area contributed by atoms with Crippen LogP contribution in [0.5, 0.6) is 0 Å². The average molecular weight is 329 g/mol. The first kappa shape index (κ1) is 17.8. The third-order valence-corrected chi connectivity index (χ3v) is 4.22. The van der Waals surface area contributed by atoms with Crippen LogP contribution in [0.3, 0.4) is 0 Å². The number of amides is 1. The molecular formula is C17H22F3NO2. The summed E-state index contributed by atoms with van der Waals surface area (Å²) in [6.45, 7) is 2.41. The highest BCUT2D eigenvalue weighted by molar-refractivity contribution is 5.77. The molecule has 0 radical (unpaired) electrons. The molecule has 1 aliphatic heterocycles. The Morgan fingerprint density at radius 2 is 2.00 bits per heavy atom. The van der Waals surface area contributed by atoms with Crippen molar-refractivity contribution in [3.05, 3.63) is 35.4 Å². The van der Waals surface area contributed by atoms with Gasteiger partial charge in [-0.15, -0.1) is 0 Å². The van der Waals surface area contributed by atoms with Crippen molar-refractivity contribution >= 4 is 5.91 Å². The maximum Gasteiger partial charge on any atom is 0.416 e. The van der Waals surface area contributed by atoms with E-state index in [0.717, 1.165) is 30.5 Å². The predicted molar refractivity (Wildman–Crippen MR) is 80.8 cm³/mol. The Kier molecular flexibility index (Phi) is 5.68. The van der Waals surface area contributed by atoms with Crippen LogP contribution in [0.2, 0.25) is 0 Å². The van der Waals surface area contributed by atoms with Gasteiger partial charge in [0.15, 0.2) is 0 Å². The van der Waals surface area contributed by atoms with Crippen LogP contribution in [-0.2, 0) is 17.4 Å². The molecule has 1 N–H and O–H groups in total. The van der Waals surface area contributed by atoms with Crippen LogP contribution >= 0.6 is 0 Å². The number of carbonyl (C=O) groups is 1. The van der Waals surface area contributed by atoms with E-state index in [1.165, 1.54) is 12.1 Å². The quantitative estimate of drug-likeness (QED) is 0.899. The van der Waals surface area contributed by atoms with Gasteiger partial charge in [0.05, 0.1) is 11.7 Å². The largest absolute Gasteiger partial charge is 0.416 e. The summed E-state index contributed by atoms with van der Waals surface area (Å²) >= 11 is 0. The predicted octanol–water partition coefficient (Wildman–Crippen LogP) is 3.40. The lowest BCUT2D eigenvalue weighted by Crippen LogP contribution is -2.37. The van der Waals surface area contributed by atoms with Crippen molar-refractivity contribution in [1.29, 1.82) is 0 Å². The van der Waals surface area contributed by atoms with Crippen molar-refractivity contribution in [2.45, 2.75) is 57.3 Å². The first-order valence-corrected chi connectivity index (χ1v) is 7.91. The van der Waals surface area contributed by atoms with Crippen LogP contribution in [0.15, 0.2) is 24.3 Å². The summed E-state index contributed by atoms with van der Waals surface area (Å²) in [5.41, 5.74) is 0.0433. The number of carbonyl (C=O) groups excluding carboxylic acids is 1. The molecule has 1 aromatic carbocycles. The molecule has 1 saturated heterocycles. The molecule has 0 aliphatic carbocycles. The molecule has 128 valence electrons. The van der Waals surface area contributed by atoms with E-state index in [1.807, 2.05) is 0 Å².